The summed E-state index contributed by atoms with van der Waals surface area (Å²) in [4.78, 5) is 19.0. The smallest absolute Gasteiger partial charge is 0.258 e. The Hall–Kier alpha value is -2.32. The SMILES string of the molecule is O=C(c1cc(Br)c(O)c(Br)c1)N1CCOc2ncc(-c3ccoc3)cc21. The number of halogens is 2. The van der Waals surface area contributed by atoms with Gasteiger partial charge in [0.2, 0.25) is 5.88 Å². The summed E-state index contributed by atoms with van der Waals surface area (Å²) in [5.41, 5.74) is 2.73. The summed E-state index contributed by atoms with van der Waals surface area (Å²) in [6, 6.07) is 6.86. The second-order valence-corrected chi connectivity index (χ2v) is 7.36. The average molecular weight is 480 g/mol. The first-order valence-electron chi connectivity index (χ1n) is 7.70. The molecule has 0 atom stereocenters. The number of amides is 1. The summed E-state index contributed by atoms with van der Waals surface area (Å²) >= 11 is 6.52. The first kappa shape index (κ1) is 17.1. The van der Waals surface area contributed by atoms with Crippen LogP contribution in [0, 0.1) is 0 Å². The van der Waals surface area contributed by atoms with Gasteiger partial charge < -0.3 is 19.2 Å². The van der Waals surface area contributed by atoms with Crippen molar-refractivity contribution in [3.05, 3.63) is 57.5 Å². The highest BCUT2D eigenvalue weighted by molar-refractivity contribution is 9.11. The lowest BCUT2D eigenvalue weighted by molar-refractivity contribution is 0.0975. The van der Waals surface area contributed by atoms with Crippen molar-refractivity contribution in [1.82, 2.24) is 4.98 Å². The molecule has 6 nitrogen and oxygen atoms in total. The zero-order valence-electron chi connectivity index (χ0n) is 13.3. The monoisotopic (exact) mass is 478 g/mol. The maximum atomic E-state index is 13.1. The molecule has 4 rings (SSSR count). The molecule has 8 heteroatoms. The van der Waals surface area contributed by atoms with Crippen LogP contribution in [0.2, 0.25) is 0 Å². The largest absolute Gasteiger partial charge is 0.506 e. The Bertz CT molecular complexity index is 966. The van der Waals surface area contributed by atoms with Gasteiger partial charge >= 0.3 is 0 Å². The molecule has 0 saturated carbocycles. The Morgan fingerprint density at radius 3 is 2.65 bits per heavy atom. The third kappa shape index (κ3) is 2.99. The Morgan fingerprint density at radius 1 is 1.19 bits per heavy atom. The number of anilines is 1. The van der Waals surface area contributed by atoms with E-state index < -0.39 is 0 Å². The van der Waals surface area contributed by atoms with E-state index in [4.69, 9.17) is 9.15 Å². The van der Waals surface area contributed by atoms with E-state index in [1.165, 1.54) is 0 Å². The van der Waals surface area contributed by atoms with E-state index in [1.54, 1.807) is 35.8 Å². The quantitative estimate of drug-likeness (QED) is 0.580. The number of aromatic hydroxyl groups is 1. The first-order valence-corrected chi connectivity index (χ1v) is 9.28. The predicted molar refractivity (Wildman–Crippen MR) is 103 cm³/mol. The molecule has 0 radical (unpaired) electrons. The first-order chi connectivity index (χ1) is 12.5. The Labute approximate surface area is 165 Å². The average Bonchev–Trinajstić information content (AvgIpc) is 3.19. The molecule has 0 bridgehead atoms. The zero-order valence-corrected chi connectivity index (χ0v) is 16.4. The number of pyridine rings is 1. The van der Waals surface area contributed by atoms with Gasteiger partial charge in [-0.3, -0.25) is 4.79 Å². The van der Waals surface area contributed by atoms with E-state index in [9.17, 15) is 9.90 Å². The third-order valence-corrected chi connectivity index (χ3v) is 5.25. The maximum absolute atomic E-state index is 13.1. The van der Waals surface area contributed by atoms with Gasteiger partial charge in [0.1, 0.15) is 18.0 Å². The topological polar surface area (TPSA) is 75.8 Å². The van der Waals surface area contributed by atoms with Crippen molar-refractivity contribution >= 4 is 43.5 Å². The van der Waals surface area contributed by atoms with Crippen molar-refractivity contribution in [2.75, 3.05) is 18.1 Å². The Morgan fingerprint density at radius 2 is 1.96 bits per heavy atom. The number of phenolic OH excluding ortho intramolecular Hbond substituents is 1. The summed E-state index contributed by atoms with van der Waals surface area (Å²) < 4.78 is 11.6. The molecule has 1 aromatic carbocycles. The highest BCUT2D eigenvalue weighted by Crippen LogP contribution is 2.37. The van der Waals surface area contributed by atoms with Crippen molar-refractivity contribution in [3.8, 4) is 22.8 Å². The van der Waals surface area contributed by atoms with Gasteiger partial charge in [-0.05, 0) is 56.1 Å². The van der Waals surface area contributed by atoms with Gasteiger partial charge in [0.15, 0.2) is 0 Å². The number of hydrogen-bond acceptors (Lipinski definition) is 5. The van der Waals surface area contributed by atoms with E-state index >= 15 is 0 Å². The summed E-state index contributed by atoms with van der Waals surface area (Å²) in [5.74, 6) is 0.253. The molecule has 1 N–H and O–H groups in total. The van der Waals surface area contributed by atoms with Crippen molar-refractivity contribution in [2.24, 2.45) is 0 Å². The van der Waals surface area contributed by atoms with Crippen LogP contribution in [0.15, 0.2) is 56.4 Å². The molecule has 2 aromatic heterocycles. The van der Waals surface area contributed by atoms with Gasteiger partial charge in [-0.2, -0.15) is 0 Å². The second kappa shape index (κ2) is 6.77. The standard InChI is InChI=1S/C18H12Br2N2O4/c19-13-5-11(6-14(20)16(13)23)18(24)22-2-4-26-17-15(22)7-12(8-21-17)10-1-3-25-9-10/h1,3,5-9,23H,2,4H2. The number of fused-ring (bicyclic) bond motifs is 1. The van der Waals surface area contributed by atoms with E-state index in [-0.39, 0.29) is 11.7 Å². The van der Waals surface area contributed by atoms with Gasteiger partial charge in [0.25, 0.3) is 5.91 Å². The fourth-order valence-corrected chi connectivity index (χ4v) is 3.93. The van der Waals surface area contributed by atoms with Gasteiger partial charge in [-0.25, -0.2) is 4.98 Å². The van der Waals surface area contributed by atoms with Crippen LogP contribution >= 0.6 is 31.9 Å². The van der Waals surface area contributed by atoms with Crippen LogP contribution in [0.1, 0.15) is 10.4 Å². The van der Waals surface area contributed by atoms with Gasteiger partial charge in [-0.15, -0.1) is 0 Å². The van der Waals surface area contributed by atoms with Crippen molar-refractivity contribution in [2.45, 2.75) is 0 Å². The van der Waals surface area contributed by atoms with Crippen molar-refractivity contribution in [1.29, 1.82) is 0 Å². The van der Waals surface area contributed by atoms with E-state index in [0.29, 0.717) is 39.2 Å². The molecule has 1 aliphatic rings. The number of benzene rings is 1. The van der Waals surface area contributed by atoms with Crippen LogP contribution < -0.4 is 9.64 Å². The molecule has 3 aromatic rings. The highest BCUT2D eigenvalue weighted by atomic mass is 79.9. The molecule has 0 spiro atoms. The minimum Gasteiger partial charge on any atom is -0.506 e. The molecule has 132 valence electrons. The molecule has 0 unspecified atom stereocenters. The molecule has 3 heterocycles. The number of carbonyl (C=O) groups excluding carboxylic acids is 1. The number of ether oxygens (including phenoxy) is 1. The van der Waals surface area contributed by atoms with Crippen molar-refractivity contribution < 1.29 is 19.1 Å². The molecular formula is C18H12Br2N2O4. The fourth-order valence-electron chi connectivity index (χ4n) is 2.74. The lowest BCUT2D eigenvalue weighted by atomic mass is 10.1. The van der Waals surface area contributed by atoms with E-state index in [0.717, 1.165) is 11.1 Å². The second-order valence-electron chi connectivity index (χ2n) is 5.65. The minimum absolute atomic E-state index is 0.0489. The summed E-state index contributed by atoms with van der Waals surface area (Å²) in [7, 11) is 0. The van der Waals surface area contributed by atoms with Crippen LogP contribution in [-0.4, -0.2) is 29.1 Å². The van der Waals surface area contributed by atoms with Gasteiger partial charge in [0.05, 0.1) is 28.0 Å². The normalized spacial score (nSPS) is 13.2. The number of nitrogens with zero attached hydrogens (tertiary/aromatic N) is 2. The number of carbonyl (C=O) groups is 1. The summed E-state index contributed by atoms with van der Waals surface area (Å²) in [6.45, 7) is 0.760. The Balaban J connectivity index is 1.75. The minimum atomic E-state index is -0.206. The van der Waals surface area contributed by atoms with Crippen LogP contribution in [0.3, 0.4) is 0 Å². The summed E-state index contributed by atoms with van der Waals surface area (Å²) in [5, 5.41) is 9.87. The molecule has 0 fully saturated rings. The summed E-state index contributed by atoms with van der Waals surface area (Å²) in [6.07, 6.45) is 4.89. The molecular weight excluding hydrogens is 468 g/mol. The Kier molecular flexibility index (Phi) is 4.46. The number of furan rings is 1. The molecule has 1 aliphatic heterocycles. The maximum Gasteiger partial charge on any atom is 0.258 e. The van der Waals surface area contributed by atoms with Gasteiger partial charge in [0, 0.05) is 22.9 Å². The molecule has 0 saturated heterocycles. The third-order valence-electron chi connectivity index (χ3n) is 4.04. The van der Waals surface area contributed by atoms with Crippen LogP contribution in [-0.2, 0) is 0 Å². The predicted octanol–water partition coefficient (Wildman–Crippen LogP) is 4.61. The van der Waals surface area contributed by atoms with Gasteiger partial charge in [-0.1, -0.05) is 0 Å². The highest BCUT2D eigenvalue weighted by Gasteiger charge is 2.27. The van der Waals surface area contributed by atoms with E-state index in [1.807, 2.05) is 12.1 Å². The lowest BCUT2D eigenvalue weighted by Crippen LogP contribution is -2.38. The lowest BCUT2D eigenvalue weighted by Gasteiger charge is -2.29. The van der Waals surface area contributed by atoms with Crippen LogP contribution in [0.25, 0.3) is 11.1 Å². The molecule has 0 aliphatic carbocycles. The number of rotatable bonds is 2. The number of phenols is 1. The van der Waals surface area contributed by atoms with E-state index in [2.05, 4.69) is 36.8 Å². The zero-order chi connectivity index (χ0) is 18.3. The van der Waals surface area contributed by atoms with Crippen molar-refractivity contribution in [3.63, 3.8) is 0 Å². The number of aromatic nitrogens is 1. The van der Waals surface area contributed by atoms with Crippen LogP contribution in [0.5, 0.6) is 11.6 Å². The molecule has 1 amide bonds. The number of hydrogen-bond donors (Lipinski definition) is 1. The fraction of sp³-hybridized carbons (Fsp3) is 0.111. The van der Waals surface area contributed by atoms with Crippen LogP contribution in [0.4, 0.5) is 5.69 Å². The molecule has 26 heavy (non-hydrogen) atoms.